The van der Waals surface area contributed by atoms with Gasteiger partial charge in [-0.1, -0.05) is 41.6 Å². The molecular weight excluding hydrogens is 400 g/mol. The smallest absolute Gasteiger partial charge is 0.260 e. The highest BCUT2D eigenvalue weighted by atomic mass is 35.5. The number of para-hydroxylation sites is 1. The highest BCUT2D eigenvalue weighted by Crippen LogP contribution is 2.32. The fraction of sp³-hybridized carbons (Fsp3) is 0.250. The monoisotopic (exact) mass is 418 g/mol. The number of carbonyl (C=O) groups excluding carboxylic acids is 2. The number of nitrogens with zero attached hydrogens (tertiary/aromatic N) is 1. The quantitative estimate of drug-likeness (QED) is 0.732. The molecule has 0 spiro atoms. The summed E-state index contributed by atoms with van der Waals surface area (Å²) in [6.07, 6.45) is 0.00661. The molecule has 0 aromatic heterocycles. The lowest BCUT2D eigenvalue weighted by Gasteiger charge is -2.13. The molecule has 2 amide bonds. The van der Waals surface area contributed by atoms with E-state index in [-0.39, 0.29) is 24.8 Å². The Balaban J connectivity index is 1.55. The first kappa shape index (κ1) is 20.2. The Kier molecular flexibility index (Phi) is 6.59. The van der Waals surface area contributed by atoms with E-state index in [1.165, 1.54) is 18.9 Å². The van der Waals surface area contributed by atoms with Crippen LogP contribution in [0.3, 0.4) is 0 Å². The fourth-order valence-electron chi connectivity index (χ4n) is 2.59. The molecule has 0 saturated carbocycles. The summed E-state index contributed by atoms with van der Waals surface area (Å²) in [5.74, 6) is 0.532. The summed E-state index contributed by atoms with van der Waals surface area (Å²) in [5, 5.41) is 3.33. The lowest BCUT2D eigenvalue weighted by atomic mass is 10.2. The number of carbonyl (C=O) groups is 2. The second kappa shape index (κ2) is 9.12. The molecule has 0 unspecified atom stereocenters. The molecule has 1 aliphatic rings. The van der Waals surface area contributed by atoms with Crippen LogP contribution in [-0.2, 0) is 9.59 Å². The Labute approximate surface area is 172 Å². The van der Waals surface area contributed by atoms with Gasteiger partial charge in [-0.25, -0.2) is 4.99 Å². The van der Waals surface area contributed by atoms with E-state index in [0.29, 0.717) is 27.3 Å². The lowest BCUT2D eigenvalue weighted by molar-refractivity contribution is -0.121. The third-order valence-electron chi connectivity index (χ3n) is 4.02. The highest BCUT2D eigenvalue weighted by molar-refractivity contribution is 8.15. The third kappa shape index (κ3) is 5.05. The molecule has 0 bridgehead atoms. The van der Waals surface area contributed by atoms with Crippen LogP contribution in [0.25, 0.3) is 0 Å². The molecule has 0 radical (unpaired) electrons. The second-order valence-corrected chi connectivity index (χ2v) is 7.79. The van der Waals surface area contributed by atoms with Crippen LogP contribution in [0.4, 0.5) is 5.69 Å². The summed E-state index contributed by atoms with van der Waals surface area (Å²) in [4.78, 5) is 28.5. The van der Waals surface area contributed by atoms with E-state index in [2.05, 4.69) is 10.3 Å². The summed E-state index contributed by atoms with van der Waals surface area (Å²) in [6.45, 7) is 2.03. The van der Waals surface area contributed by atoms with Crippen molar-refractivity contribution in [3.8, 4) is 11.5 Å². The molecule has 3 rings (SSSR count). The molecule has 146 valence electrons. The molecule has 1 N–H and O–H groups in total. The SMILES string of the molecule is COc1cc(Cl)c(C)cc1NC(=O)C[C@@H]1SC(COc2ccccc2)=NC1=O. The van der Waals surface area contributed by atoms with E-state index in [0.717, 1.165) is 5.56 Å². The van der Waals surface area contributed by atoms with Gasteiger partial charge < -0.3 is 14.8 Å². The number of halogens is 1. The van der Waals surface area contributed by atoms with Gasteiger partial charge in [-0.3, -0.25) is 9.59 Å². The van der Waals surface area contributed by atoms with E-state index in [9.17, 15) is 9.59 Å². The highest BCUT2D eigenvalue weighted by Gasteiger charge is 2.31. The molecule has 6 nitrogen and oxygen atoms in total. The minimum absolute atomic E-state index is 0.00661. The van der Waals surface area contributed by atoms with Crippen LogP contribution in [-0.4, -0.2) is 35.8 Å². The van der Waals surface area contributed by atoms with Crippen LogP contribution in [0.15, 0.2) is 47.5 Å². The number of rotatable bonds is 7. The van der Waals surface area contributed by atoms with Crippen LogP contribution >= 0.6 is 23.4 Å². The summed E-state index contributed by atoms with van der Waals surface area (Å²) in [5.41, 5.74) is 1.33. The number of thioether (sulfide) groups is 1. The van der Waals surface area contributed by atoms with Gasteiger partial charge in [-0.2, -0.15) is 0 Å². The summed E-state index contributed by atoms with van der Waals surface area (Å²) in [6, 6.07) is 12.7. The number of methoxy groups -OCH3 is 1. The van der Waals surface area contributed by atoms with Crippen molar-refractivity contribution >= 4 is 45.9 Å². The largest absolute Gasteiger partial charge is 0.495 e. The van der Waals surface area contributed by atoms with Gasteiger partial charge in [-0.05, 0) is 30.7 Å². The average Bonchev–Trinajstić information content (AvgIpc) is 3.03. The minimum Gasteiger partial charge on any atom is -0.495 e. The number of hydrogen-bond acceptors (Lipinski definition) is 5. The van der Waals surface area contributed by atoms with Gasteiger partial charge in [-0.15, -0.1) is 0 Å². The predicted octanol–water partition coefficient (Wildman–Crippen LogP) is 4.11. The van der Waals surface area contributed by atoms with Gasteiger partial charge in [0.25, 0.3) is 5.91 Å². The van der Waals surface area contributed by atoms with Gasteiger partial charge in [0.15, 0.2) is 0 Å². The van der Waals surface area contributed by atoms with Crippen molar-refractivity contribution in [3.63, 3.8) is 0 Å². The first-order valence-corrected chi connectivity index (χ1v) is 9.82. The van der Waals surface area contributed by atoms with Crippen LogP contribution < -0.4 is 14.8 Å². The van der Waals surface area contributed by atoms with Crippen molar-refractivity contribution in [2.45, 2.75) is 18.6 Å². The van der Waals surface area contributed by atoms with Crippen LogP contribution in [0.1, 0.15) is 12.0 Å². The van der Waals surface area contributed by atoms with Gasteiger partial charge in [0, 0.05) is 17.5 Å². The van der Waals surface area contributed by atoms with Crippen molar-refractivity contribution in [2.24, 2.45) is 4.99 Å². The number of benzene rings is 2. The predicted molar refractivity (Wildman–Crippen MR) is 112 cm³/mol. The van der Waals surface area contributed by atoms with Crippen molar-refractivity contribution in [1.82, 2.24) is 0 Å². The molecule has 1 aliphatic heterocycles. The van der Waals surface area contributed by atoms with Crippen LogP contribution in [0.2, 0.25) is 5.02 Å². The van der Waals surface area contributed by atoms with E-state index >= 15 is 0 Å². The summed E-state index contributed by atoms with van der Waals surface area (Å²) in [7, 11) is 1.50. The second-order valence-electron chi connectivity index (χ2n) is 6.11. The number of nitrogens with one attached hydrogen (secondary N) is 1. The van der Waals surface area contributed by atoms with Gasteiger partial charge in [0.2, 0.25) is 5.91 Å². The first-order chi connectivity index (χ1) is 13.5. The Bertz CT molecular complexity index is 918. The zero-order valence-electron chi connectivity index (χ0n) is 15.4. The Hall–Kier alpha value is -2.51. The van der Waals surface area contributed by atoms with Gasteiger partial charge in [0.05, 0.1) is 12.8 Å². The lowest BCUT2D eigenvalue weighted by Crippen LogP contribution is -2.21. The fourth-order valence-corrected chi connectivity index (χ4v) is 3.73. The van der Waals surface area contributed by atoms with Crippen LogP contribution in [0, 0.1) is 6.92 Å². The normalized spacial score (nSPS) is 15.9. The van der Waals surface area contributed by atoms with Crippen molar-refractivity contribution in [3.05, 3.63) is 53.1 Å². The Morgan fingerprint density at radius 2 is 2.04 bits per heavy atom. The number of aliphatic imine (C=N–C) groups is 1. The summed E-state index contributed by atoms with van der Waals surface area (Å²) >= 11 is 7.33. The molecule has 0 saturated heterocycles. The molecule has 1 atom stereocenters. The molecular formula is C20H19ClN2O4S. The average molecular weight is 419 g/mol. The van der Waals surface area contributed by atoms with E-state index in [1.54, 1.807) is 12.1 Å². The third-order valence-corrected chi connectivity index (χ3v) is 5.56. The van der Waals surface area contributed by atoms with Crippen molar-refractivity contribution in [1.29, 1.82) is 0 Å². The van der Waals surface area contributed by atoms with Gasteiger partial charge >= 0.3 is 0 Å². The van der Waals surface area contributed by atoms with Crippen molar-refractivity contribution in [2.75, 3.05) is 19.0 Å². The molecule has 2 aromatic carbocycles. The van der Waals surface area contributed by atoms with Crippen LogP contribution in [0.5, 0.6) is 11.5 Å². The maximum atomic E-state index is 12.4. The van der Waals surface area contributed by atoms with E-state index in [1.807, 2.05) is 37.3 Å². The zero-order chi connectivity index (χ0) is 20.1. The number of anilines is 1. The topological polar surface area (TPSA) is 77.0 Å². The molecule has 8 heteroatoms. The number of aryl methyl sites for hydroxylation is 1. The molecule has 0 aliphatic carbocycles. The maximum absolute atomic E-state index is 12.4. The van der Waals surface area contributed by atoms with E-state index < -0.39 is 5.25 Å². The molecule has 0 fully saturated rings. The van der Waals surface area contributed by atoms with Gasteiger partial charge in [0.1, 0.15) is 28.4 Å². The number of ether oxygens (including phenoxy) is 2. The maximum Gasteiger partial charge on any atom is 0.260 e. The van der Waals surface area contributed by atoms with E-state index in [4.69, 9.17) is 21.1 Å². The zero-order valence-corrected chi connectivity index (χ0v) is 17.0. The Morgan fingerprint density at radius 3 is 2.75 bits per heavy atom. The number of hydrogen-bond donors (Lipinski definition) is 1. The molecule has 2 aromatic rings. The number of amides is 2. The Morgan fingerprint density at radius 1 is 1.29 bits per heavy atom. The summed E-state index contributed by atoms with van der Waals surface area (Å²) < 4.78 is 10.9. The van der Waals surface area contributed by atoms with Crippen molar-refractivity contribution < 1.29 is 19.1 Å². The molecule has 1 heterocycles. The molecule has 28 heavy (non-hydrogen) atoms. The minimum atomic E-state index is -0.561. The first-order valence-electron chi connectivity index (χ1n) is 8.56. The standard InChI is InChI=1S/C20H19ClN2O4S/c1-12-8-15(16(26-2)9-14(12)21)22-18(24)10-17-20(25)23-19(28-17)11-27-13-6-4-3-5-7-13/h3-9,17H,10-11H2,1-2H3,(H,22,24)/t17-/m0/s1.